The number of aromatic nitrogens is 1. The van der Waals surface area contributed by atoms with Crippen molar-refractivity contribution in [2.45, 2.75) is 36.5 Å². The van der Waals surface area contributed by atoms with Gasteiger partial charge in [0.1, 0.15) is 29.0 Å². The van der Waals surface area contributed by atoms with Gasteiger partial charge in [0.2, 0.25) is 0 Å². The lowest BCUT2D eigenvalue weighted by atomic mass is 9.87. The number of carbonyl (C=O) groups is 4. The second-order valence-electron chi connectivity index (χ2n) is 9.06. The normalized spacial score (nSPS) is 25.0. The summed E-state index contributed by atoms with van der Waals surface area (Å²) in [6.45, 7) is 1.44. The maximum Gasteiger partial charge on any atom is 0.353 e. The first-order valence-corrected chi connectivity index (χ1v) is 14.1. The molecule has 9 N–H and O–H groups in total. The van der Waals surface area contributed by atoms with Gasteiger partial charge >= 0.3 is 11.9 Å². The number of hydrogen-bond acceptors (Lipinski definition) is 15. The van der Waals surface area contributed by atoms with E-state index in [-0.39, 0.29) is 45.2 Å². The molecular formula is C22H25N9O7S3. The predicted molar refractivity (Wildman–Crippen MR) is 154 cm³/mol. The highest BCUT2D eigenvalue weighted by molar-refractivity contribution is 8.00. The van der Waals surface area contributed by atoms with Crippen molar-refractivity contribution in [3.63, 3.8) is 0 Å². The van der Waals surface area contributed by atoms with Gasteiger partial charge in [-0.15, -0.1) is 23.1 Å². The van der Waals surface area contributed by atoms with Gasteiger partial charge in [-0.05, 0) is 13.0 Å². The fraction of sp³-hybridized carbons (Fsp3) is 0.364. The van der Waals surface area contributed by atoms with Crippen LogP contribution in [0, 0.1) is 0 Å². The molecule has 0 bridgehead atoms. The van der Waals surface area contributed by atoms with Crippen LogP contribution in [0.1, 0.15) is 19.0 Å². The number of amides is 2. The lowest BCUT2D eigenvalue weighted by Gasteiger charge is -2.55. The van der Waals surface area contributed by atoms with E-state index in [0.29, 0.717) is 0 Å². The summed E-state index contributed by atoms with van der Waals surface area (Å²) in [6.07, 6.45) is -0.437. The van der Waals surface area contributed by atoms with E-state index in [1.54, 1.807) is 7.05 Å². The SMILES string of the molecule is CC(CC(=O)O)O/N=C(\C(=O)N[C@@]1(C=S)C(=O)N2C(C(=O)O)=C(C3=CC(N)N(C)C(N)=N3)CS[C@@H]21)c1csc(N)n1. The van der Waals surface area contributed by atoms with Crippen molar-refractivity contribution in [3.8, 4) is 0 Å². The number of nitrogens with zero attached hydrogens (tertiary/aromatic N) is 5. The average Bonchev–Trinajstić information content (AvgIpc) is 3.34. The van der Waals surface area contributed by atoms with Crippen LogP contribution in [-0.4, -0.2) is 102 Å². The number of hydrogen-bond donors (Lipinski definition) is 6. The zero-order chi connectivity index (χ0) is 30.2. The van der Waals surface area contributed by atoms with Gasteiger partial charge in [-0.1, -0.05) is 17.4 Å². The molecule has 3 aliphatic heterocycles. The van der Waals surface area contributed by atoms with Crippen LogP contribution < -0.4 is 22.5 Å². The van der Waals surface area contributed by atoms with E-state index in [4.69, 9.17) is 39.4 Å². The summed E-state index contributed by atoms with van der Waals surface area (Å²) in [7, 11) is 1.62. The second-order valence-corrected chi connectivity index (χ2v) is 11.3. The number of oxime groups is 1. The Hall–Kier alpha value is -4.07. The summed E-state index contributed by atoms with van der Waals surface area (Å²) in [5.74, 6) is -4.12. The lowest BCUT2D eigenvalue weighted by molar-refractivity contribution is -0.153. The minimum atomic E-state index is -1.79. The quantitative estimate of drug-likeness (QED) is 0.0779. The van der Waals surface area contributed by atoms with Crippen molar-refractivity contribution in [2.24, 2.45) is 21.6 Å². The molecule has 0 aliphatic carbocycles. The highest BCUT2D eigenvalue weighted by atomic mass is 32.2. The highest BCUT2D eigenvalue weighted by Crippen LogP contribution is 2.47. The van der Waals surface area contributed by atoms with Crippen LogP contribution in [-0.2, 0) is 24.0 Å². The third-order valence-electron chi connectivity index (χ3n) is 6.26. The Kier molecular flexibility index (Phi) is 8.34. The fourth-order valence-corrected chi connectivity index (χ4v) is 6.51. The number of carboxylic acid groups (broad SMARTS) is 2. The average molecular weight is 624 g/mol. The molecule has 1 aromatic rings. The van der Waals surface area contributed by atoms with E-state index in [1.165, 1.54) is 23.3 Å². The second kappa shape index (κ2) is 11.4. The van der Waals surface area contributed by atoms with E-state index < -0.39 is 53.4 Å². The smallest absolute Gasteiger partial charge is 0.353 e. The lowest BCUT2D eigenvalue weighted by Crippen LogP contribution is -2.81. The van der Waals surface area contributed by atoms with Crippen LogP contribution in [0.3, 0.4) is 0 Å². The van der Waals surface area contributed by atoms with Gasteiger partial charge in [-0.3, -0.25) is 19.3 Å². The molecule has 218 valence electrons. The maximum absolute atomic E-state index is 13.6. The van der Waals surface area contributed by atoms with E-state index in [2.05, 4.69) is 20.4 Å². The zero-order valence-corrected chi connectivity index (χ0v) is 24.0. The topological polar surface area (TPSA) is 252 Å². The van der Waals surface area contributed by atoms with Gasteiger partial charge in [0.15, 0.2) is 22.3 Å². The molecule has 0 saturated carbocycles. The largest absolute Gasteiger partial charge is 0.481 e. The Labute approximate surface area is 245 Å². The minimum Gasteiger partial charge on any atom is -0.481 e. The Balaban J connectivity index is 1.66. The molecule has 2 amide bonds. The number of aliphatic carboxylic acids is 2. The Bertz CT molecular complexity index is 1460. The molecule has 3 aliphatic rings. The number of aliphatic imine (C=N–C) groups is 1. The number of allylic oxidation sites excluding steroid dienone is 1. The molecule has 0 spiro atoms. The van der Waals surface area contributed by atoms with Crippen molar-refractivity contribution in [1.29, 1.82) is 0 Å². The van der Waals surface area contributed by atoms with Gasteiger partial charge in [0, 0.05) is 29.1 Å². The fourth-order valence-electron chi connectivity index (χ4n) is 4.14. The number of β-lactam (4-membered cyclic amide) rings is 1. The molecule has 1 saturated heterocycles. The van der Waals surface area contributed by atoms with Crippen LogP contribution in [0.15, 0.2) is 38.6 Å². The maximum atomic E-state index is 13.6. The van der Waals surface area contributed by atoms with Crippen molar-refractivity contribution >= 4 is 81.2 Å². The first-order chi connectivity index (χ1) is 19.3. The Morgan fingerprint density at radius 2 is 2.10 bits per heavy atom. The number of anilines is 1. The standard InChI is InChI=1S/C22H25N9O7S3/c1-8(3-13(32)33)38-29-14(11-6-41-21(25)27-11)16(34)28-22(7-39)18(37)31-15(17(35)36)9(5-40-19(22)31)10-4-12(23)30(2)20(24)26-10/h4,6-8,12,19H,3,5,23H2,1-2H3,(H2,24,26)(H2,25,27)(H,28,34)(H,32,33)(H,35,36)/b29-14-/t8?,12?,19-,22+/m1/s1. The molecule has 1 fully saturated rings. The number of carbonyl (C=O) groups excluding carboxylic acids is 2. The summed E-state index contributed by atoms with van der Waals surface area (Å²) in [5, 5.41) is 27.1. The molecule has 4 heterocycles. The number of nitrogen functional groups attached to an aromatic ring is 1. The molecule has 41 heavy (non-hydrogen) atoms. The van der Waals surface area contributed by atoms with Crippen molar-refractivity contribution in [3.05, 3.63) is 34.1 Å². The molecule has 19 heteroatoms. The molecule has 4 atom stereocenters. The first-order valence-electron chi connectivity index (χ1n) is 11.7. The van der Waals surface area contributed by atoms with Gasteiger partial charge in [0.05, 0.1) is 12.1 Å². The molecule has 2 unspecified atom stereocenters. The molecule has 4 rings (SSSR count). The number of likely N-dealkylation sites (N-methyl/N-ethyl adjacent to an activating group) is 1. The Morgan fingerprint density at radius 3 is 2.66 bits per heavy atom. The number of fused-ring (bicyclic) bond motifs is 1. The van der Waals surface area contributed by atoms with E-state index >= 15 is 0 Å². The molecule has 1 aromatic heterocycles. The summed E-state index contributed by atoms with van der Waals surface area (Å²) in [4.78, 5) is 66.4. The zero-order valence-electron chi connectivity index (χ0n) is 21.5. The third-order valence-corrected chi connectivity index (χ3v) is 8.66. The molecule has 0 aromatic carbocycles. The van der Waals surface area contributed by atoms with E-state index in [9.17, 15) is 24.3 Å². The van der Waals surface area contributed by atoms with Gasteiger partial charge < -0.3 is 42.5 Å². The van der Waals surface area contributed by atoms with Crippen molar-refractivity contribution < 1.29 is 34.2 Å². The van der Waals surface area contributed by atoms with Crippen molar-refractivity contribution in [2.75, 3.05) is 18.5 Å². The molecule has 16 nitrogen and oxygen atoms in total. The number of guanidine groups is 1. The minimum absolute atomic E-state index is 0.0152. The highest BCUT2D eigenvalue weighted by Gasteiger charge is 2.65. The summed E-state index contributed by atoms with van der Waals surface area (Å²) >= 11 is 7.32. The van der Waals surface area contributed by atoms with Crippen LogP contribution in [0.4, 0.5) is 5.13 Å². The number of carboxylic acids is 2. The van der Waals surface area contributed by atoms with Crippen LogP contribution in [0.2, 0.25) is 0 Å². The molecule has 0 radical (unpaired) electrons. The third kappa shape index (κ3) is 5.47. The van der Waals surface area contributed by atoms with Gasteiger partial charge in [-0.25, -0.2) is 14.8 Å². The number of nitrogens with one attached hydrogen (secondary N) is 1. The number of thioether (sulfide) groups is 1. The van der Waals surface area contributed by atoms with Gasteiger partial charge in [-0.2, -0.15) is 0 Å². The monoisotopic (exact) mass is 623 g/mol. The van der Waals surface area contributed by atoms with E-state index in [1.807, 2.05) is 0 Å². The van der Waals surface area contributed by atoms with Crippen LogP contribution in [0.5, 0.6) is 0 Å². The van der Waals surface area contributed by atoms with Crippen LogP contribution >= 0.6 is 35.3 Å². The number of rotatable bonds is 10. The van der Waals surface area contributed by atoms with Crippen molar-refractivity contribution in [1.82, 2.24) is 20.1 Å². The number of thiocarbonyl (C=S) groups is 1. The molecular weight excluding hydrogens is 598 g/mol. The summed E-state index contributed by atoms with van der Waals surface area (Å²) in [5.41, 5.74) is 15.6. The summed E-state index contributed by atoms with van der Waals surface area (Å²) in [6, 6.07) is 0. The number of thiazole rings is 1. The van der Waals surface area contributed by atoms with Gasteiger partial charge in [0.25, 0.3) is 11.8 Å². The van der Waals surface area contributed by atoms with E-state index in [0.717, 1.165) is 33.4 Å². The Morgan fingerprint density at radius 1 is 1.39 bits per heavy atom. The summed E-state index contributed by atoms with van der Waals surface area (Å²) < 4.78 is 0. The number of nitrogens with two attached hydrogens (primary N) is 3. The first kappa shape index (κ1) is 29.9. The predicted octanol–water partition coefficient (Wildman–Crippen LogP) is -1.15. The van der Waals surface area contributed by atoms with Crippen LogP contribution in [0.25, 0.3) is 0 Å².